The van der Waals surface area contributed by atoms with Gasteiger partial charge in [-0.2, -0.15) is 0 Å². The summed E-state index contributed by atoms with van der Waals surface area (Å²) >= 11 is 26.0. The van der Waals surface area contributed by atoms with E-state index in [4.69, 9.17) is 0 Å². The molecule has 24 heavy (non-hydrogen) atoms. The third kappa shape index (κ3) is 1.90. The van der Waals surface area contributed by atoms with E-state index in [0.29, 0.717) is 0 Å². The molecule has 0 saturated carbocycles. The van der Waals surface area contributed by atoms with E-state index in [2.05, 4.69) is 125 Å². The molecule has 0 aromatic heterocycles. The van der Waals surface area contributed by atoms with Crippen LogP contribution in [0.15, 0.2) is 0 Å². The number of rotatable bonds is 0. The summed E-state index contributed by atoms with van der Waals surface area (Å²) in [5, 5.41) is 10.7. The Hall–Kier alpha value is 2.08. The van der Waals surface area contributed by atoms with Crippen LogP contribution in [0.3, 0.4) is 0 Å². The van der Waals surface area contributed by atoms with E-state index in [1.807, 2.05) is 0 Å². The molecule has 8 heteroatoms. The first-order chi connectivity index (χ1) is 11.3. The molecule has 1 aliphatic rings. The molecular weight excluding hydrogens is 824 g/mol. The fraction of sp³-hybridized carbons (Fsp3) is 0. The Kier molecular flexibility index (Phi) is 4.38. The van der Waals surface area contributed by atoms with E-state index in [0.717, 1.165) is 0 Å². The predicted molar refractivity (Wildman–Crippen MR) is 97.9 cm³/mol. The maximum absolute atomic E-state index is 3.25. The Labute approximate surface area is 196 Å². The van der Waals surface area contributed by atoms with Crippen LogP contribution in [0.25, 0.3) is 0 Å². The van der Waals surface area contributed by atoms with E-state index in [-0.39, 0.29) is 0 Å². The molecule has 0 aliphatic heterocycles. The molecule has 0 atom stereocenters. The molecule has 5 rings (SSSR count). The van der Waals surface area contributed by atoms with Gasteiger partial charge in [0.2, 0.25) is 0 Å². The standard InChI is InChI=1S/C16Se8/c17-9-1-2(10(9)18)4-6(14(22)13(4)21)8-7(15(23)16(8)24)5-3(1)11(19)12(5)20/b3-1-,4-2-,7-5-,8-6-. The third-order valence-corrected chi connectivity index (χ3v) is 14.1. The monoisotopic (exact) mass is 831 g/mol. The summed E-state index contributed by atoms with van der Waals surface area (Å²) in [6.45, 7) is 0. The van der Waals surface area contributed by atoms with Gasteiger partial charge in [0, 0.05) is 0 Å². The maximum atomic E-state index is 3.25. The van der Waals surface area contributed by atoms with Gasteiger partial charge in [0.15, 0.2) is 0 Å². The summed E-state index contributed by atoms with van der Waals surface area (Å²) < 4.78 is 9.91. The van der Waals surface area contributed by atoms with Crippen molar-refractivity contribution in [1.82, 2.24) is 0 Å². The van der Waals surface area contributed by atoms with Crippen molar-refractivity contribution in [3.63, 3.8) is 0 Å². The van der Waals surface area contributed by atoms with E-state index in [1.165, 1.54) is 74.3 Å². The van der Waals surface area contributed by atoms with Crippen LogP contribution in [0.2, 0.25) is 0 Å². The fourth-order valence-corrected chi connectivity index (χ4v) is 8.61. The molecule has 0 unspecified atom stereocenters. The van der Waals surface area contributed by atoms with Crippen molar-refractivity contribution >= 4 is 125 Å². The first-order valence-corrected chi connectivity index (χ1v) is 13.5. The van der Waals surface area contributed by atoms with Crippen molar-refractivity contribution < 1.29 is 0 Å². The van der Waals surface area contributed by atoms with E-state index < -0.39 is 0 Å². The van der Waals surface area contributed by atoms with Crippen LogP contribution in [-0.2, 0) is 0 Å². The number of hydrogen-bond donors (Lipinski definition) is 0. The Morgan fingerprint density at radius 2 is 0.292 bits per heavy atom. The van der Waals surface area contributed by atoms with E-state index in [9.17, 15) is 0 Å². The minimum absolute atomic E-state index is 1.24. The van der Waals surface area contributed by atoms with Crippen molar-refractivity contribution in [2.75, 3.05) is 0 Å². The molecule has 112 valence electrons. The average molecular weight is 824 g/mol. The summed E-state index contributed by atoms with van der Waals surface area (Å²) in [6, 6.07) is 0. The van der Waals surface area contributed by atoms with Gasteiger partial charge in [0.25, 0.3) is 0 Å². The molecule has 0 heterocycles. The second kappa shape index (κ2) is 5.80. The topological polar surface area (TPSA) is 0 Å². The molecule has 0 bridgehead atoms. The quantitative estimate of drug-likeness (QED) is 0.163. The minimum atomic E-state index is 1.24. The summed E-state index contributed by atoms with van der Waals surface area (Å²) in [4.78, 5) is 0. The Morgan fingerprint density at radius 1 is 0.208 bits per heavy atom. The van der Waals surface area contributed by atoms with E-state index in [1.54, 1.807) is 0 Å². The Bertz CT molecular complexity index is 1520. The first kappa shape index (κ1) is 18.1. The first-order valence-electron chi connectivity index (χ1n) is 6.63. The average Bonchev–Trinajstić information content (AvgIpc) is 2.59. The van der Waals surface area contributed by atoms with Crippen LogP contribution >= 0.6 is 0 Å². The summed E-state index contributed by atoms with van der Waals surface area (Å²) in [5.74, 6) is 0. The molecule has 0 amide bonds. The molecule has 1 aliphatic carbocycles. The van der Waals surface area contributed by atoms with Gasteiger partial charge in [-0.25, -0.2) is 0 Å². The van der Waals surface area contributed by atoms with Gasteiger partial charge in [0.1, 0.15) is 0 Å². The van der Waals surface area contributed by atoms with Gasteiger partial charge < -0.3 is 0 Å². The predicted octanol–water partition coefficient (Wildman–Crippen LogP) is -1.75. The molecule has 4 aromatic carbocycles. The normalized spacial score (nSPS) is 18.7. The van der Waals surface area contributed by atoms with Crippen LogP contribution in [0.4, 0.5) is 0 Å². The second-order valence-corrected chi connectivity index (χ2v) is 12.5. The zero-order valence-corrected chi connectivity index (χ0v) is 25.0. The van der Waals surface area contributed by atoms with Gasteiger partial charge in [0.05, 0.1) is 0 Å². The zero-order chi connectivity index (χ0) is 17.2. The van der Waals surface area contributed by atoms with E-state index >= 15 is 0 Å². The third-order valence-electron chi connectivity index (χ3n) is 4.64. The molecule has 0 spiro atoms. The Morgan fingerprint density at radius 3 is 0.375 bits per heavy atom. The number of fused-ring (bicyclic) bond motifs is 4. The van der Waals surface area contributed by atoms with Crippen molar-refractivity contribution in [2.24, 2.45) is 0 Å². The van der Waals surface area contributed by atoms with Crippen LogP contribution in [-0.4, -0.2) is 125 Å². The Balaban J connectivity index is 2.64. The molecule has 0 saturated heterocycles. The van der Waals surface area contributed by atoms with Crippen LogP contribution in [0, 0.1) is 74.3 Å². The zero-order valence-electron chi connectivity index (χ0n) is 11.3. The fourth-order valence-electron chi connectivity index (χ4n) is 3.47. The molecule has 4 aromatic rings. The van der Waals surface area contributed by atoms with Gasteiger partial charge in [-0.3, -0.25) is 0 Å². The van der Waals surface area contributed by atoms with Crippen LogP contribution < -0.4 is 0 Å². The van der Waals surface area contributed by atoms with Crippen molar-refractivity contribution in [3.8, 4) is 0 Å². The number of hydrogen-bond acceptors (Lipinski definition) is 0. The van der Waals surface area contributed by atoms with Gasteiger partial charge in [-0.15, -0.1) is 0 Å². The summed E-state index contributed by atoms with van der Waals surface area (Å²) in [7, 11) is 0. The van der Waals surface area contributed by atoms with Gasteiger partial charge >= 0.3 is 199 Å². The van der Waals surface area contributed by atoms with Crippen molar-refractivity contribution in [3.05, 3.63) is 74.3 Å². The van der Waals surface area contributed by atoms with Gasteiger partial charge in [-0.05, 0) is 0 Å². The van der Waals surface area contributed by atoms with Crippen molar-refractivity contribution in [2.45, 2.75) is 0 Å². The van der Waals surface area contributed by atoms with Crippen molar-refractivity contribution in [1.29, 1.82) is 0 Å². The molecular formula is C16Se8. The summed E-state index contributed by atoms with van der Waals surface area (Å²) in [6.07, 6.45) is 0. The molecule has 0 fully saturated rings. The SMILES string of the molecule is [Se]=c1c(=[Se])c2/c1=c1/c(=[Se])c(=[Se])/c1=c1\c(=[Se])c(=[Se])\c1=c1/c(=[Se])c(=[Se])/c1=2. The molecule has 0 nitrogen and oxygen atoms in total. The molecule has 0 N–H and O–H groups in total. The second-order valence-electron chi connectivity index (χ2n) is 5.63. The van der Waals surface area contributed by atoms with Crippen LogP contribution in [0.5, 0.6) is 0 Å². The van der Waals surface area contributed by atoms with Gasteiger partial charge in [-0.1, -0.05) is 0 Å². The molecule has 0 radical (unpaired) electrons. The van der Waals surface area contributed by atoms with Crippen LogP contribution in [0.1, 0.15) is 0 Å². The summed E-state index contributed by atoms with van der Waals surface area (Å²) in [5.41, 5.74) is 0.